The molecule has 0 unspecified atom stereocenters. The SMILES string of the molecule is CCCN(CC(C)(C)CN)C(=O)c1ccc(Br)cc1F. The average Bonchev–Trinajstić information content (AvgIpc) is 2.37. The Kier molecular flexibility index (Phi) is 6.14. The van der Waals surface area contributed by atoms with Gasteiger partial charge in [-0.05, 0) is 36.6 Å². The van der Waals surface area contributed by atoms with Gasteiger partial charge in [-0.2, -0.15) is 0 Å². The maximum Gasteiger partial charge on any atom is 0.256 e. The number of hydrogen-bond donors (Lipinski definition) is 1. The van der Waals surface area contributed by atoms with Gasteiger partial charge in [0, 0.05) is 17.6 Å². The van der Waals surface area contributed by atoms with Gasteiger partial charge in [0.05, 0.1) is 5.56 Å². The van der Waals surface area contributed by atoms with Crippen molar-refractivity contribution in [1.29, 1.82) is 0 Å². The predicted octanol–water partition coefficient (Wildman–Crippen LogP) is 3.43. The Morgan fingerprint density at radius 1 is 1.45 bits per heavy atom. The van der Waals surface area contributed by atoms with Crippen molar-refractivity contribution in [3.63, 3.8) is 0 Å². The number of hydrogen-bond acceptors (Lipinski definition) is 2. The van der Waals surface area contributed by atoms with E-state index in [4.69, 9.17) is 5.73 Å². The fourth-order valence-electron chi connectivity index (χ4n) is 1.94. The Labute approximate surface area is 128 Å². The van der Waals surface area contributed by atoms with Gasteiger partial charge in [-0.3, -0.25) is 4.79 Å². The molecule has 5 heteroatoms. The summed E-state index contributed by atoms with van der Waals surface area (Å²) in [5.74, 6) is -0.783. The molecule has 0 saturated heterocycles. The van der Waals surface area contributed by atoms with Gasteiger partial charge < -0.3 is 10.6 Å². The van der Waals surface area contributed by atoms with Gasteiger partial charge in [-0.15, -0.1) is 0 Å². The molecule has 112 valence electrons. The molecule has 0 atom stereocenters. The summed E-state index contributed by atoms with van der Waals surface area (Å²) >= 11 is 3.19. The summed E-state index contributed by atoms with van der Waals surface area (Å²) in [5, 5.41) is 0. The summed E-state index contributed by atoms with van der Waals surface area (Å²) in [6.07, 6.45) is 0.824. The predicted molar refractivity (Wildman–Crippen MR) is 83.1 cm³/mol. The lowest BCUT2D eigenvalue weighted by Gasteiger charge is -2.32. The first-order valence-electron chi connectivity index (χ1n) is 6.75. The lowest BCUT2D eigenvalue weighted by atomic mass is 9.92. The first kappa shape index (κ1) is 17.1. The zero-order valence-electron chi connectivity index (χ0n) is 12.2. The van der Waals surface area contributed by atoms with E-state index in [1.54, 1.807) is 11.0 Å². The van der Waals surface area contributed by atoms with Crippen LogP contribution in [0, 0.1) is 11.2 Å². The van der Waals surface area contributed by atoms with Crippen molar-refractivity contribution in [2.24, 2.45) is 11.1 Å². The molecule has 1 amide bonds. The molecule has 0 aromatic heterocycles. The van der Waals surface area contributed by atoms with Crippen molar-refractivity contribution in [1.82, 2.24) is 4.90 Å². The first-order valence-corrected chi connectivity index (χ1v) is 7.54. The van der Waals surface area contributed by atoms with Gasteiger partial charge in [0.2, 0.25) is 0 Å². The highest BCUT2D eigenvalue weighted by Gasteiger charge is 2.25. The molecule has 20 heavy (non-hydrogen) atoms. The van der Waals surface area contributed by atoms with Crippen LogP contribution in [0.25, 0.3) is 0 Å². The standard InChI is InChI=1S/C15H22BrFN2O/c1-4-7-19(10-15(2,3)9-18)14(20)12-6-5-11(16)8-13(12)17/h5-6,8H,4,7,9-10,18H2,1-3H3. The maximum atomic E-state index is 13.9. The number of benzene rings is 1. The van der Waals surface area contributed by atoms with Crippen molar-refractivity contribution < 1.29 is 9.18 Å². The number of carbonyl (C=O) groups is 1. The van der Waals surface area contributed by atoms with Gasteiger partial charge in [0.25, 0.3) is 5.91 Å². The van der Waals surface area contributed by atoms with E-state index in [1.807, 2.05) is 20.8 Å². The molecule has 1 rings (SSSR count). The van der Waals surface area contributed by atoms with E-state index in [-0.39, 0.29) is 16.9 Å². The minimum atomic E-state index is -0.504. The van der Waals surface area contributed by atoms with E-state index < -0.39 is 5.82 Å². The van der Waals surface area contributed by atoms with Gasteiger partial charge in [-0.25, -0.2) is 4.39 Å². The first-order chi connectivity index (χ1) is 9.30. The summed E-state index contributed by atoms with van der Waals surface area (Å²) in [6, 6.07) is 4.50. The monoisotopic (exact) mass is 344 g/mol. The van der Waals surface area contributed by atoms with Crippen molar-refractivity contribution in [3.8, 4) is 0 Å². The lowest BCUT2D eigenvalue weighted by Crippen LogP contribution is -2.42. The molecule has 3 nitrogen and oxygen atoms in total. The Balaban J connectivity index is 2.99. The van der Waals surface area contributed by atoms with Crippen LogP contribution in [0.2, 0.25) is 0 Å². The third-order valence-corrected chi connectivity index (χ3v) is 3.61. The molecule has 1 aromatic rings. The number of nitrogens with zero attached hydrogens (tertiary/aromatic N) is 1. The molecule has 0 fully saturated rings. The molecular formula is C15H22BrFN2O. The smallest absolute Gasteiger partial charge is 0.256 e. The number of carbonyl (C=O) groups excluding carboxylic acids is 1. The summed E-state index contributed by atoms with van der Waals surface area (Å²) in [5.41, 5.74) is 5.64. The largest absolute Gasteiger partial charge is 0.338 e. The molecule has 0 aliphatic rings. The highest BCUT2D eigenvalue weighted by Crippen LogP contribution is 2.20. The lowest BCUT2D eigenvalue weighted by molar-refractivity contribution is 0.0684. The second-order valence-corrected chi connectivity index (χ2v) is 6.63. The minimum Gasteiger partial charge on any atom is -0.338 e. The van der Waals surface area contributed by atoms with Gasteiger partial charge in [0.15, 0.2) is 0 Å². The molecule has 0 saturated carbocycles. The van der Waals surface area contributed by atoms with Gasteiger partial charge in [-0.1, -0.05) is 36.7 Å². The molecule has 0 aliphatic carbocycles. The number of halogens is 2. The fourth-order valence-corrected chi connectivity index (χ4v) is 2.27. The van der Waals surface area contributed by atoms with Gasteiger partial charge in [0.1, 0.15) is 5.82 Å². The molecule has 0 bridgehead atoms. The highest BCUT2D eigenvalue weighted by atomic mass is 79.9. The van der Waals surface area contributed by atoms with Crippen molar-refractivity contribution >= 4 is 21.8 Å². The van der Waals surface area contributed by atoms with Crippen LogP contribution in [0.3, 0.4) is 0 Å². The van der Waals surface area contributed by atoms with Crippen LogP contribution in [0.5, 0.6) is 0 Å². The number of amides is 1. The van der Waals surface area contributed by atoms with Crippen molar-refractivity contribution in [3.05, 3.63) is 34.1 Å². The van der Waals surface area contributed by atoms with Crippen LogP contribution < -0.4 is 5.73 Å². The summed E-state index contributed by atoms with van der Waals surface area (Å²) in [6.45, 7) is 7.59. The van der Waals surface area contributed by atoms with Crippen LogP contribution >= 0.6 is 15.9 Å². The molecule has 0 radical (unpaired) electrons. The number of rotatable bonds is 6. The van der Waals surface area contributed by atoms with Crippen LogP contribution in [0.4, 0.5) is 4.39 Å². The Morgan fingerprint density at radius 3 is 2.60 bits per heavy atom. The summed E-state index contributed by atoms with van der Waals surface area (Å²) < 4.78 is 14.5. The summed E-state index contributed by atoms with van der Waals surface area (Å²) in [7, 11) is 0. The van der Waals surface area contributed by atoms with Crippen molar-refractivity contribution in [2.45, 2.75) is 27.2 Å². The van der Waals surface area contributed by atoms with E-state index >= 15 is 0 Å². The second kappa shape index (κ2) is 7.18. The van der Waals surface area contributed by atoms with Crippen LogP contribution in [-0.4, -0.2) is 30.4 Å². The molecule has 0 heterocycles. The third-order valence-electron chi connectivity index (χ3n) is 3.11. The van der Waals surface area contributed by atoms with Crippen molar-refractivity contribution in [2.75, 3.05) is 19.6 Å². The molecule has 2 N–H and O–H groups in total. The van der Waals surface area contributed by atoms with E-state index in [2.05, 4.69) is 15.9 Å². The maximum absolute atomic E-state index is 13.9. The molecule has 0 aliphatic heterocycles. The minimum absolute atomic E-state index is 0.106. The fraction of sp³-hybridized carbons (Fsp3) is 0.533. The normalized spacial score (nSPS) is 11.5. The summed E-state index contributed by atoms with van der Waals surface area (Å²) in [4.78, 5) is 14.2. The Bertz CT molecular complexity index is 477. The average molecular weight is 345 g/mol. The Hall–Kier alpha value is -0.940. The van der Waals surface area contributed by atoms with E-state index in [0.717, 1.165) is 6.42 Å². The van der Waals surface area contributed by atoms with Crippen LogP contribution in [-0.2, 0) is 0 Å². The quantitative estimate of drug-likeness (QED) is 0.859. The van der Waals surface area contributed by atoms with E-state index in [0.29, 0.717) is 24.1 Å². The molecule has 0 spiro atoms. The van der Waals surface area contributed by atoms with Gasteiger partial charge >= 0.3 is 0 Å². The number of nitrogens with two attached hydrogens (primary N) is 1. The molecular weight excluding hydrogens is 323 g/mol. The van der Waals surface area contributed by atoms with E-state index in [9.17, 15) is 9.18 Å². The third kappa shape index (κ3) is 4.56. The highest BCUT2D eigenvalue weighted by molar-refractivity contribution is 9.10. The zero-order chi connectivity index (χ0) is 15.3. The van der Waals surface area contributed by atoms with Crippen LogP contribution in [0.15, 0.2) is 22.7 Å². The molecule has 1 aromatic carbocycles. The topological polar surface area (TPSA) is 46.3 Å². The van der Waals surface area contributed by atoms with E-state index in [1.165, 1.54) is 12.1 Å². The zero-order valence-corrected chi connectivity index (χ0v) is 13.8. The Morgan fingerprint density at radius 2 is 2.10 bits per heavy atom. The second-order valence-electron chi connectivity index (χ2n) is 5.72. The van der Waals surface area contributed by atoms with Crippen LogP contribution in [0.1, 0.15) is 37.6 Å².